The predicted octanol–water partition coefficient (Wildman–Crippen LogP) is 6.17. The number of carbonyl (C=O) groups is 1. The van der Waals surface area contributed by atoms with E-state index in [0.29, 0.717) is 42.2 Å². The number of thiazole rings is 1. The van der Waals surface area contributed by atoms with E-state index in [4.69, 9.17) is 16.3 Å². The van der Waals surface area contributed by atoms with E-state index in [0.717, 1.165) is 39.5 Å². The number of ether oxygens (including phenoxy) is 1. The minimum absolute atomic E-state index is 0.0852. The fourth-order valence-corrected chi connectivity index (χ4v) is 5.35. The van der Waals surface area contributed by atoms with Gasteiger partial charge in [0.2, 0.25) is 5.91 Å². The van der Waals surface area contributed by atoms with Gasteiger partial charge in [-0.2, -0.15) is 4.98 Å². The Morgan fingerprint density at radius 3 is 2.71 bits per heavy atom. The van der Waals surface area contributed by atoms with Crippen LogP contribution < -0.4 is 4.74 Å². The van der Waals surface area contributed by atoms with Gasteiger partial charge in [0.25, 0.3) is 5.19 Å². The van der Waals surface area contributed by atoms with Crippen molar-refractivity contribution in [3.05, 3.63) is 53.1 Å². The molecule has 0 aliphatic carbocycles. The number of hydrogen-bond acceptors (Lipinski definition) is 5. The molecule has 164 valence electrons. The van der Waals surface area contributed by atoms with Crippen molar-refractivity contribution in [2.75, 3.05) is 18.8 Å². The molecule has 1 aliphatic heterocycles. The summed E-state index contributed by atoms with van der Waals surface area (Å²) in [6, 6.07) is 9.78. The highest BCUT2D eigenvalue weighted by molar-refractivity contribution is 7.99. The Balaban J connectivity index is 1.20. The molecule has 1 amide bonds. The van der Waals surface area contributed by atoms with Crippen LogP contribution in [0.5, 0.6) is 5.19 Å². The van der Waals surface area contributed by atoms with Gasteiger partial charge >= 0.3 is 0 Å². The van der Waals surface area contributed by atoms with Crippen molar-refractivity contribution >= 4 is 50.8 Å². The van der Waals surface area contributed by atoms with Crippen molar-refractivity contribution in [1.29, 1.82) is 0 Å². The summed E-state index contributed by atoms with van der Waals surface area (Å²) in [6.45, 7) is 1.25. The maximum atomic E-state index is 13.8. The highest BCUT2D eigenvalue weighted by atomic mass is 35.5. The summed E-state index contributed by atoms with van der Waals surface area (Å²) in [4.78, 5) is 19.6. The van der Waals surface area contributed by atoms with Crippen LogP contribution in [0.1, 0.15) is 25.7 Å². The highest BCUT2D eigenvalue weighted by Crippen LogP contribution is 2.32. The molecule has 0 N–H and O–H groups in total. The van der Waals surface area contributed by atoms with Gasteiger partial charge in [0.15, 0.2) is 5.82 Å². The first-order chi connectivity index (χ1) is 15.0. The van der Waals surface area contributed by atoms with Crippen LogP contribution in [-0.4, -0.2) is 40.7 Å². The van der Waals surface area contributed by atoms with E-state index in [1.165, 1.54) is 6.07 Å². The molecule has 0 spiro atoms. The lowest BCUT2D eigenvalue weighted by atomic mass is 10.1. The zero-order chi connectivity index (χ0) is 21.8. The molecule has 1 fully saturated rings. The molecule has 1 aliphatic rings. The highest BCUT2D eigenvalue weighted by Gasteiger charge is 2.24. The number of amides is 1. The minimum atomic E-state index is -0.684. The van der Waals surface area contributed by atoms with E-state index >= 15 is 0 Å². The fraction of sp³-hybridized carbons (Fsp3) is 0.364. The monoisotopic (exact) mass is 482 g/mol. The maximum Gasteiger partial charge on any atom is 0.274 e. The molecule has 31 heavy (non-hydrogen) atoms. The molecule has 2 heterocycles. The molecular formula is C22H21ClF2N2O2S2. The summed E-state index contributed by atoms with van der Waals surface area (Å²) in [6.07, 6.45) is 2.64. The number of hydrogen-bond donors (Lipinski definition) is 0. The van der Waals surface area contributed by atoms with Crippen molar-refractivity contribution in [1.82, 2.24) is 9.88 Å². The van der Waals surface area contributed by atoms with Crippen LogP contribution in [0.15, 0.2) is 41.3 Å². The molecule has 2 aromatic carbocycles. The van der Waals surface area contributed by atoms with Gasteiger partial charge < -0.3 is 9.64 Å². The number of rotatable bonds is 7. The van der Waals surface area contributed by atoms with Crippen molar-refractivity contribution in [2.45, 2.75) is 36.7 Å². The zero-order valence-electron chi connectivity index (χ0n) is 16.7. The van der Waals surface area contributed by atoms with E-state index in [2.05, 4.69) is 4.98 Å². The summed E-state index contributed by atoms with van der Waals surface area (Å²) in [5.74, 6) is -0.274. The number of thioether (sulfide) groups is 1. The number of likely N-dealkylation sites (tertiary alicyclic amines) is 1. The summed E-state index contributed by atoms with van der Waals surface area (Å²) in [7, 11) is 0. The molecule has 4 rings (SSSR count). The Morgan fingerprint density at radius 2 is 1.97 bits per heavy atom. The molecular weight excluding hydrogens is 462 g/mol. The quantitative estimate of drug-likeness (QED) is 0.298. The lowest BCUT2D eigenvalue weighted by Gasteiger charge is -2.31. The number of benzene rings is 2. The maximum absolute atomic E-state index is 13.8. The Kier molecular flexibility index (Phi) is 7.30. The number of aromatic nitrogens is 1. The Labute approximate surface area is 192 Å². The second-order valence-electron chi connectivity index (χ2n) is 7.32. The number of halogens is 3. The Hall–Kier alpha value is -1.90. The molecule has 1 aromatic heterocycles. The second-order valence-corrected chi connectivity index (χ2v) is 9.92. The van der Waals surface area contributed by atoms with Gasteiger partial charge in [-0.15, -0.1) is 11.8 Å². The van der Waals surface area contributed by atoms with E-state index in [9.17, 15) is 13.6 Å². The van der Waals surface area contributed by atoms with E-state index in [1.54, 1.807) is 11.8 Å². The molecule has 0 saturated carbocycles. The fourth-order valence-electron chi connectivity index (χ4n) is 3.46. The van der Waals surface area contributed by atoms with Crippen LogP contribution >= 0.6 is 34.7 Å². The van der Waals surface area contributed by atoms with Gasteiger partial charge in [-0.05, 0) is 42.5 Å². The lowest BCUT2D eigenvalue weighted by Crippen LogP contribution is -2.41. The van der Waals surface area contributed by atoms with Crippen LogP contribution in [0.2, 0.25) is 5.02 Å². The minimum Gasteiger partial charge on any atom is -0.467 e. The van der Waals surface area contributed by atoms with Gasteiger partial charge in [-0.1, -0.05) is 22.9 Å². The van der Waals surface area contributed by atoms with Crippen molar-refractivity contribution in [2.24, 2.45) is 0 Å². The van der Waals surface area contributed by atoms with Crippen LogP contribution in [0.3, 0.4) is 0 Å². The third kappa shape index (κ3) is 5.87. The van der Waals surface area contributed by atoms with Crippen LogP contribution in [0.4, 0.5) is 8.78 Å². The summed E-state index contributed by atoms with van der Waals surface area (Å²) in [5.41, 5.74) is 0.130. The zero-order valence-corrected chi connectivity index (χ0v) is 19.0. The first-order valence-electron chi connectivity index (χ1n) is 10.1. The first-order valence-corrected chi connectivity index (χ1v) is 12.2. The first kappa shape index (κ1) is 22.3. The predicted molar refractivity (Wildman–Crippen MR) is 121 cm³/mol. The molecule has 0 unspecified atom stereocenters. The Bertz CT molecular complexity index is 1050. The molecule has 0 atom stereocenters. The molecule has 3 aromatic rings. The van der Waals surface area contributed by atoms with Gasteiger partial charge in [0, 0.05) is 48.3 Å². The Morgan fingerprint density at radius 1 is 1.23 bits per heavy atom. The van der Waals surface area contributed by atoms with E-state index < -0.39 is 11.6 Å². The SMILES string of the molecule is O=C(CCCSc1ccc(Cl)cc1)N1CCC(Oc2nc3c(F)cc(F)cc3s2)CC1. The average Bonchev–Trinajstić information content (AvgIpc) is 3.15. The smallest absolute Gasteiger partial charge is 0.274 e. The number of nitrogens with zero attached hydrogens (tertiary/aromatic N) is 2. The largest absolute Gasteiger partial charge is 0.467 e. The lowest BCUT2D eigenvalue weighted by molar-refractivity contribution is -0.133. The number of piperidine rings is 1. The average molecular weight is 483 g/mol. The summed E-state index contributed by atoms with van der Waals surface area (Å²) in [5, 5.41) is 1.06. The molecule has 4 nitrogen and oxygen atoms in total. The van der Waals surface area contributed by atoms with Crippen LogP contribution in [-0.2, 0) is 4.79 Å². The third-order valence-corrected chi connectivity index (χ3v) is 7.32. The number of carbonyl (C=O) groups excluding carboxylic acids is 1. The van der Waals surface area contributed by atoms with Crippen LogP contribution in [0.25, 0.3) is 10.2 Å². The van der Waals surface area contributed by atoms with E-state index in [1.807, 2.05) is 29.2 Å². The molecule has 0 bridgehead atoms. The van der Waals surface area contributed by atoms with Crippen molar-refractivity contribution in [3.63, 3.8) is 0 Å². The van der Waals surface area contributed by atoms with Crippen molar-refractivity contribution < 1.29 is 18.3 Å². The van der Waals surface area contributed by atoms with Gasteiger partial charge in [0.05, 0.1) is 4.70 Å². The van der Waals surface area contributed by atoms with Gasteiger partial charge in [-0.3, -0.25) is 4.79 Å². The molecule has 0 radical (unpaired) electrons. The number of fused-ring (bicyclic) bond motifs is 1. The second kappa shape index (κ2) is 10.1. The summed E-state index contributed by atoms with van der Waals surface area (Å²) >= 11 is 8.74. The molecule has 9 heteroatoms. The van der Waals surface area contributed by atoms with E-state index in [-0.39, 0.29) is 17.5 Å². The normalized spacial score (nSPS) is 14.9. The standard InChI is InChI=1S/C22H21ClF2N2O2S2/c23-14-3-5-17(6-4-14)30-11-1-2-20(28)27-9-7-16(8-10-27)29-22-26-21-18(25)12-15(24)13-19(21)31-22/h3-6,12-13,16H,1-2,7-11H2. The van der Waals surface area contributed by atoms with Crippen LogP contribution in [0, 0.1) is 11.6 Å². The topological polar surface area (TPSA) is 42.4 Å². The summed E-state index contributed by atoms with van der Waals surface area (Å²) < 4.78 is 33.5. The van der Waals surface area contributed by atoms with Gasteiger partial charge in [0.1, 0.15) is 17.4 Å². The third-order valence-electron chi connectivity index (χ3n) is 5.07. The van der Waals surface area contributed by atoms with Gasteiger partial charge in [-0.25, -0.2) is 8.78 Å². The molecule has 1 saturated heterocycles. The van der Waals surface area contributed by atoms with Crippen molar-refractivity contribution in [3.8, 4) is 5.19 Å².